The molecule has 3 aromatic rings. The van der Waals surface area contributed by atoms with Gasteiger partial charge in [0.15, 0.2) is 5.75 Å². The molecular weight excluding hydrogens is 338 g/mol. The van der Waals surface area contributed by atoms with Crippen molar-refractivity contribution >= 4 is 28.3 Å². The van der Waals surface area contributed by atoms with Gasteiger partial charge in [0.25, 0.3) is 0 Å². The fraction of sp³-hybridized carbons (Fsp3) is 0.278. The third kappa shape index (κ3) is 3.65. The standard InChI is InChI=1S/C18H18ClN5O/c19-14-10-21-11-17(18(14)25-13-3-4-20-9-13)24-8-12-1-2-15-16(7-12)23-6-5-22-15/h1-2,5-7,10-11,13,20,24H,3-4,8-9H2. The molecule has 128 valence electrons. The Bertz CT molecular complexity index is 882. The molecule has 0 radical (unpaired) electrons. The number of fused-ring (bicyclic) bond motifs is 1. The molecule has 0 saturated carbocycles. The number of nitrogens with one attached hydrogen (secondary N) is 2. The predicted molar refractivity (Wildman–Crippen MR) is 98.0 cm³/mol. The Kier molecular flexibility index (Phi) is 4.63. The number of anilines is 1. The Morgan fingerprint density at radius 1 is 1.20 bits per heavy atom. The Balaban J connectivity index is 1.52. The molecule has 1 fully saturated rings. The topological polar surface area (TPSA) is 72.0 Å². The Morgan fingerprint density at radius 3 is 2.92 bits per heavy atom. The van der Waals surface area contributed by atoms with Gasteiger partial charge < -0.3 is 15.4 Å². The van der Waals surface area contributed by atoms with Crippen LogP contribution < -0.4 is 15.4 Å². The van der Waals surface area contributed by atoms with Crippen molar-refractivity contribution in [3.8, 4) is 5.75 Å². The number of ether oxygens (including phenoxy) is 1. The number of hydrogen-bond donors (Lipinski definition) is 2. The summed E-state index contributed by atoms with van der Waals surface area (Å²) in [6.07, 6.45) is 7.85. The summed E-state index contributed by atoms with van der Waals surface area (Å²) in [6, 6.07) is 6.02. The van der Waals surface area contributed by atoms with Crippen molar-refractivity contribution in [2.45, 2.75) is 19.1 Å². The molecule has 6 nitrogen and oxygen atoms in total. The Morgan fingerprint density at radius 2 is 2.08 bits per heavy atom. The average Bonchev–Trinajstić information content (AvgIpc) is 3.15. The third-order valence-electron chi connectivity index (χ3n) is 4.17. The smallest absolute Gasteiger partial charge is 0.164 e. The maximum atomic E-state index is 6.30. The third-order valence-corrected chi connectivity index (χ3v) is 4.44. The van der Waals surface area contributed by atoms with Crippen molar-refractivity contribution in [1.29, 1.82) is 0 Å². The van der Waals surface area contributed by atoms with Crippen molar-refractivity contribution in [2.24, 2.45) is 0 Å². The summed E-state index contributed by atoms with van der Waals surface area (Å²) in [5, 5.41) is 7.17. The molecule has 25 heavy (non-hydrogen) atoms. The lowest BCUT2D eigenvalue weighted by Gasteiger charge is -2.18. The Labute approximate surface area is 150 Å². The van der Waals surface area contributed by atoms with E-state index in [1.54, 1.807) is 24.8 Å². The van der Waals surface area contributed by atoms with Crippen LogP contribution in [0.15, 0.2) is 43.0 Å². The largest absolute Gasteiger partial charge is 0.485 e. The first-order valence-electron chi connectivity index (χ1n) is 8.24. The van der Waals surface area contributed by atoms with E-state index in [1.165, 1.54) is 0 Å². The van der Waals surface area contributed by atoms with Crippen LogP contribution in [0.2, 0.25) is 5.02 Å². The molecule has 0 bridgehead atoms. The van der Waals surface area contributed by atoms with Crippen molar-refractivity contribution in [2.75, 3.05) is 18.4 Å². The van der Waals surface area contributed by atoms with Gasteiger partial charge in [-0.1, -0.05) is 17.7 Å². The first kappa shape index (κ1) is 16.1. The molecule has 3 heterocycles. The number of halogens is 1. The number of benzene rings is 1. The molecule has 0 amide bonds. The summed E-state index contributed by atoms with van der Waals surface area (Å²) in [6.45, 7) is 2.42. The molecule has 1 aliphatic rings. The highest BCUT2D eigenvalue weighted by Gasteiger charge is 2.19. The molecule has 1 aliphatic heterocycles. The summed E-state index contributed by atoms with van der Waals surface area (Å²) >= 11 is 6.30. The van der Waals surface area contributed by atoms with E-state index in [9.17, 15) is 0 Å². The second-order valence-corrected chi connectivity index (χ2v) is 6.37. The fourth-order valence-corrected chi connectivity index (χ4v) is 3.08. The van der Waals surface area contributed by atoms with E-state index in [2.05, 4.69) is 25.6 Å². The molecule has 0 spiro atoms. The van der Waals surface area contributed by atoms with Gasteiger partial charge in [0.05, 0.1) is 22.9 Å². The lowest BCUT2D eigenvalue weighted by atomic mass is 10.2. The van der Waals surface area contributed by atoms with Crippen LogP contribution in [-0.2, 0) is 6.54 Å². The molecule has 1 saturated heterocycles. The van der Waals surface area contributed by atoms with Gasteiger partial charge >= 0.3 is 0 Å². The van der Waals surface area contributed by atoms with E-state index >= 15 is 0 Å². The van der Waals surface area contributed by atoms with Gasteiger partial charge in [0, 0.05) is 31.7 Å². The molecule has 4 rings (SSSR count). The highest BCUT2D eigenvalue weighted by atomic mass is 35.5. The molecule has 1 aromatic carbocycles. The van der Waals surface area contributed by atoms with Crippen LogP contribution >= 0.6 is 11.6 Å². The molecule has 1 atom stereocenters. The second-order valence-electron chi connectivity index (χ2n) is 5.96. The van der Waals surface area contributed by atoms with E-state index in [1.807, 2.05) is 18.2 Å². The van der Waals surface area contributed by atoms with Gasteiger partial charge in [-0.2, -0.15) is 0 Å². The molecule has 2 aromatic heterocycles. The van der Waals surface area contributed by atoms with Crippen LogP contribution in [0.3, 0.4) is 0 Å². The highest BCUT2D eigenvalue weighted by molar-refractivity contribution is 6.32. The normalized spacial score (nSPS) is 16.9. The summed E-state index contributed by atoms with van der Waals surface area (Å²) in [4.78, 5) is 12.8. The van der Waals surface area contributed by atoms with Crippen molar-refractivity contribution in [3.05, 3.63) is 53.6 Å². The summed E-state index contributed by atoms with van der Waals surface area (Å²) in [5.41, 5.74) is 3.65. The molecular formula is C18H18ClN5O. The van der Waals surface area contributed by atoms with Crippen molar-refractivity contribution in [1.82, 2.24) is 20.3 Å². The molecule has 0 aliphatic carbocycles. The first-order chi connectivity index (χ1) is 12.3. The SMILES string of the molecule is Clc1cncc(NCc2ccc3nccnc3c2)c1OC1CCNC1. The van der Waals surface area contributed by atoms with Crippen molar-refractivity contribution < 1.29 is 4.74 Å². The molecule has 2 N–H and O–H groups in total. The zero-order chi connectivity index (χ0) is 17.1. The molecule has 7 heteroatoms. The van der Waals surface area contributed by atoms with Gasteiger partial charge in [-0.05, 0) is 30.7 Å². The van der Waals surface area contributed by atoms with E-state index in [4.69, 9.17) is 16.3 Å². The molecule has 1 unspecified atom stereocenters. The summed E-state index contributed by atoms with van der Waals surface area (Å²) < 4.78 is 6.08. The van der Waals surface area contributed by atoms with Crippen molar-refractivity contribution in [3.63, 3.8) is 0 Å². The zero-order valence-corrected chi connectivity index (χ0v) is 14.3. The quantitative estimate of drug-likeness (QED) is 0.733. The van der Waals surface area contributed by atoms with E-state index < -0.39 is 0 Å². The van der Waals surface area contributed by atoms with Gasteiger partial charge in [0.2, 0.25) is 0 Å². The van der Waals surface area contributed by atoms with E-state index in [0.717, 1.165) is 41.8 Å². The fourth-order valence-electron chi connectivity index (χ4n) is 2.88. The van der Waals surface area contributed by atoms with Gasteiger partial charge in [-0.25, -0.2) is 0 Å². The number of pyridine rings is 1. The number of hydrogen-bond acceptors (Lipinski definition) is 6. The second kappa shape index (κ2) is 7.21. The summed E-state index contributed by atoms with van der Waals surface area (Å²) in [7, 11) is 0. The van der Waals surface area contributed by atoms with Crippen LogP contribution in [0.5, 0.6) is 5.75 Å². The minimum atomic E-state index is 0.136. The van der Waals surface area contributed by atoms with Crippen LogP contribution in [0, 0.1) is 0 Å². The summed E-state index contributed by atoms with van der Waals surface area (Å²) in [5.74, 6) is 0.658. The van der Waals surface area contributed by atoms with Crippen LogP contribution in [0.25, 0.3) is 11.0 Å². The maximum Gasteiger partial charge on any atom is 0.164 e. The number of nitrogens with zero attached hydrogens (tertiary/aromatic N) is 3. The average molecular weight is 356 g/mol. The number of rotatable bonds is 5. The highest BCUT2D eigenvalue weighted by Crippen LogP contribution is 2.33. The number of aromatic nitrogens is 3. The maximum absolute atomic E-state index is 6.30. The zero-order valence-electron chi connectivity index (χ0n) is 13.6. The van der Waals surface area contributed by atoms with Gasteiger partial charge in [-0.3, -0.25) is 15.0 Å². The Hall–Kier alpha value is -2.44. The van der Waals surface area contributed by atoms with Crippen LogP contribution in [-0.4, -0.2) is 34.1 Å². The van der Waals surface area contributed by atoms with Crippen LogP contribution in [0.1, 0.15) is 12.0 Å². The van der Waals surface area contributed by atoms with Gasteiger partial charge in [0.1, 0.15) is 11.1 Å². The van der Waals surface area contributed by atoms with Gasteiger partial charge in [-0.15, -0.1) is 0 Å². The van der Waals surface area contributed by atoms with E-state index in [0.29, 0.717) is 17.3 Å². The minimum absolute atomic E-state index is 0.136. The van der Waals surface area contributed by atoms with E-state index in [-0.39, 0.29) is 6.10 Å². The minimum Gasteiger partial charge on any atom is -0.485 e. The lowest BCUT2D eigenvalue weighted by Crippen LogP contribution is -2.20. The monoisotopic (exact) mass is 355 g/mol. The first-order valence-corrected chi connectivity index (χ1v) is 8.62. The van der Waals surface area contributed by atoms with Crippen LogP contribution in [0.4, 0.5) is 5.69 Å². The lowest BCUT2D eigenvalue weighted by molar-refractivity contribution is 0.224. The predicted octanol–water partition coefficient (Wildman–Crippen LogP) is 3.03.